The second kappa shape index (κ2) is 13.2. The first-order valence-corrected chi connectivity index (χ1v) is 13.5. The number of carbonyl (C=O) groups excluding carboxylic acids is 1. The number of hydrogen-bond acceptors (Lipinski definition) is 5. The molecule has 4 rings (SSSR count). The van der Waals surface area contributed by atoms with Gasteiger partial charge in [-0.1, -0.05) is 18.2 Å². The molecule has 222 valence electrons. The minimum absolute atomic E-state index is 0.00212. The molecule has 11 heteroatoms. The van der Waals surface area contributed by atoms with Crippen molar-refractivity contribution in [1.29, 1.82) is 0 Å². The van der Waals surface area contributed by atoms with Crippen molar-refractivity contribution in [2.45, 2.75) is 39.4 Å². The lowest BCUT2D eigenvalue weighted by Gasteiger charge is -2.31. The van der Waals surface area contributed by atoms with E-state index in [1.807, 2.05) is 6.92 Å². The van der Waals surface area contributed by atoms with Crippen LogP contribution in [0.1, 0.15) is 43.8 Å². The summed E-state index contributed by atoms with van der Waals surface area (Å²) < 4.78 is 66.3. The highest BCUT2D eigenvalue weighted by Gasteiger charge is 2.35. The number of benzene rings is 3. The highest BCUT2D eigenvalue weighted by Crippen LogP contribution is 2.32. The molecule has 0 fully saturated rings. The Morgan fingerprint density at radius 1 is 1.02 bits per heavy atom. The van der Waals surface area contributed by atoms with E-state index in [0.717, 1.165) is 6.07 Å². The molecule has 42 heavy (non-hydrogen) atoms. The number of halogens is 4. The van der Waals surface area contributed by atoms with Crippen LogP contribution < -0.4 is 10.3 Å². The molecular weight excluding hydrogens is 554 g/mol. The van der Waals surface area contributed by atoms with Gasteiger partial charge < -0.3 is 14.4 Å². The molecule has 1 heterocycles. The summed E-state index contributed by atoms with van der Waals surface area (Å²) in [6.07, 6.45) is -5.34. The van der Waals surface area contributed by atoms with Gasteiger partial charge in [-0.25, -0.2) is 9.37 Å². The van der Waals surface area contributed by atoms with E-state index >= 15 is 0 Å². The summed E-state index contributed by atoms with van der Waals surface area (Å²) in [4.78, 5) is 33.6. The van der Waals surface area contributed by atoms with Gasteiger partial charge in [0, 0.05) is 13.2 Å². The number of aromatic nitrogens is 2. The van der Waals surface area contributed by atoms with Crippen molar-refractivity contribution >= 4 is 16.8 Å². The number of para-hydroxylation sites is 1. The summed E-state index contributed by atoms with van der Waals surface area (Å²) in [5.41, 5.74) is -0.872. The van der Waals surface area contributed by atoms with Crippen LogP contribution >= 0.6 is 0 Å². The van der Waals surface area contributed by atoms with Crippen LogP contribution in [0.15, 0.2) is 71.5 Å². The van der Waals surface area contributed by atoms with Crippen molar-refractivity contribution in [3.05, 3.63) is 99.9 Å². The Balaban J connectivity index is 1.79. The monoisotopic (exact) mass is 585 g/mol. The molecule has 4 aromatic rings. The third-order valence-corrected chi connectivity index (χ3v) is 6.74. The van der Waals surface area contributed by atoms with E-state index in [2.05, 4.69) is 0 Å². The average Bonchev–Trinajstić information content (AvgIpc) is 2.96. The maximum atomic E-state index is 13.9. The highest BCUT2D eigenvalue weighted by atomic mass is 19.4. The molecule has 7 nitrogen and oxygen atoms in total. The van der Waals surface area contributed by atoms with E-state index in [1.54, 1.807) is 62.4 Å². The predicted octanol–water partition coefficient (Wildman–Crippen LogP) is 6.11. The van der Waals surface area contributed by atoms with Crippen LogP contribution in [-0.2, 0) is 22.1 Å². The summed E-state index contributed by atoms with van der Waals surface area (Å²) >= 11 is 0. The molecule has 0 radical (unpaired) electrons. The molecule has 0 spiro atoms. The van der Waals surface area contributed by atoms with E-state index in [0.29, 0.717) is 47.7 Å². The quantitative estimate of drug-likeness (QED) is 0.157. The molecule has 0 N–H and O–H groups in total. The van der Waals surface area contributed by atoms with Crippen molar-refractivity contribution in [3.8, 4) is 11.4 Å². The van der Waals surface area contributed by atoms with Gasteiger partial charge in [0.2, 0.25) is 5.91 Å². The minimum atomic E-state index is -4.91. The molecule has 0 aliphatic rings. The van der Waals surface area contributed by atoms with Crippen molar-refractivity contribution in [1.82, 2.24) is 14.5 Å². The van der Waals surface area contributed by atoms with Crippen molar-refractivity contribution in [2.24, 2.45) is 0 Å². The van der Waals surface area contributed by atoms with Crippen LogP contribution in [0.5, 0.6) is 5.75 Å². The first-order chi connectivity index (χ1) is 20.0. The van der Waals surface area contributed by atoms with E-state index in [9.17, 15) is 27.2 Å². The summed E-state index contributed by atoms with van der Waals surface area (Å²) in [5.74, 6) is -1.09. The van der Waals surface area contributed by atoms with E-state index in [-0.39, 0.29) is 30.1 Å². The number of rotatable bonds is 11. The summed E-state index contributed by atoms with van der Waals surface area (Å²) in [7, 11) is 0. The van der Waals surface area contributed by atoms with E-state index in [1.165, 1.54) is 9.47 Å². The standard InChI is InChI=1S/C31H31F4N3O4/c1-4-41-17-16-37(28(39)19-21-10-15-26(32)25(18-21)31(33,34)35)20(3)29-36-27-9-7-6-8-24(27)30(40)38(29)22-11-13-23(14-12-22)42-5-2/h6-15,18,20H,4-5,16-17,19H2,1-3H3. The van der Waals surface area contributed by atoms with Crippen LogP contribution in [0.3, 0.4) is 0 Å². The molecule has 0 aliphatic heterocycles. The Morgan fingerprint density at radius 3 is 2.40 bits per heavy atom. The Morgan fingerprint density at radius 2 is 1.74 bits per heavy atom. The number of fused-ring (bicyclic) bond motifs is 1. The maximum Gasteiger partial charge on any atom is 0.419 e. The molecule has 1 aromatic heterocycles. The number of alkyl halides is 3. The number of carbonyl (C=O) groups is 1. The molecule has 1 atom stereocenters. The fourth-order valence-corrected chi connectivity index (χ4v) is 4.69. The number of ether oxygens (including phenoxy) is 2. The van der Waals surface area contributed by atoms with Gasteiger partial charge in [-0.2, -0.15) is 13.2 Å². The zero-order chi connectivity index (χ0) is 30.4. The molecule has 3 aromatic carbocycles. The third kappa shape index (κ3) is 6.79. The smallest absolute Gasteiger partial charge is 0.419 e. The van der Waals surface area contributed by atoms with Gasteiger partial charge in [-0.15, -0.1) is 0 Å². The van der Waals surface area contributed by atoms with Crippen LogP contribution in [0.25, 0.3) is 16.6 Å². The van der Waals surface area contributed by atoms with Gasteiger partial charge in [0.25, 0.3) is 5.56 Å². The number of nitrogens with zero attached hydrogens (tertiary/aromatic N) is 3. The first kappa shape index (κ1) is 30.7. The molecule has 0 bridgehead atoms. The van der Waals surface area contributed by atoms with Gasteiger partial charge in [-0.3, -0.25) is 14.2 Å². The second-order valence-corrected chi connectivity index (χ2v) is 9.50. The molecule has 0 saturated carbocycles. The Kier molecular flexibility index (Phi) is 9.62. The van der Waals surface area contributed by atoms with Crippen LogP contribution in [0.4, 0.5) is 17.6 Å². The molecular formula is C31H31F4N3O4. The lowest BCUT2D eigenvalue weighted by Crippen LogP contribution is -2.40. The molecule has 1 amide bonds. The number of hydrogen-bond donors (Lipinski definition) is 0. The molecule has 0 aliphatic carbocycles. The minimum Gasteiger partial charge on any atom is -0.494 e. The fraction of sp³-hybridized carbons (Fsp3) is 0.323. The number of amides is 1. The van der Waals surface area contributed by atoms with Crippen molar-refractivity contribution in [3.63, 3.8) is 0 Å². The van der Waals surface area contributed by atoms with Gasteiger partial charge in [0.15, 0.2) is 0 Å². The Hall–Kier alpha value is -4.25. The lowest BCUT2D eigenvalue weighted by molar-refractivity contribution is -0.140. The topological polar surface area (TPSA) is 73.7 Å². The summed E-state index contributed by atoms with van der Waals surface area (Å²) in [6.45, 7) is 6.41. The second-order valence-electron chi connectivity index (χ2n) is 9.50. The van der Waals surface area contributed by atoms with Gasteiger partial charge >= 0.3 is 6.18 Å². The van der Waals surface area contributed by atoms with Crippen LogP contribution in [0, 0.1) is 5.82 Å². The van der Waals surface area contributed by atoms with Gasteiger partial charge in [0.1, 0.15) is 17.4 Å². The third-order valence-electron chi connectivity index (χ3n) is 6.74. The maximum absolute atomic E-state index is 13.9. The Labute approximate surface area is 240 Å². The predicted molar refractivity (Wildman–Crippen MR) is 150 cm³/mol. The van der Waals surface area contributed by atoms with Gasteiger partial charge in [-0.05, 0) is 74.9 Å². The lowest BCUT2D eigenvalue weighted by atomic mass is 10.1. The molecule has 1 unspecified atom stereocenters. The Bertz CT molecular complexity index is 1600. The SMILES string of the molecule is CCOCCN(C(=O)Cc1ccc(F)c(C(F)(F)F)c1)C(C)c1nc2ccccc2c(=O)n1-c1ccc(OCC)cc1. The normalized spacial score (nSPS) is 12.4. The fourth-order valence-electron chi connectivity index (χ4n) is 4.69. The van der Waals surface area contributed by atoms with E-state index < -0.39 is 35.9 Å². The van der Waals surface area contributed by atoms with Gasteiger partial charge in [0.05, 0.1) is 47.8 Å². The zero-order valence-corrected chi connectivity index (χ0v) is 23.5. The summed E-state index contributed by atoms with van der Waals surface area (Å²) in [5, 5.41) is 0.375. The highest BCUT2D eigenvalue weighted by molar-refractivity contribution is 5.80. The van der Waals surface area contributed by atoms with Crippen LogP contribution in [-0.4, -0.2) is 46.7 Å². The largest absolute Gasteiger partial charge is 0.494 e. The first-order valence-electron chi connectivity index (χ1n) is 13.5. The average molecular weight is 586 g/mol. The van der Waals surface area contributed by atoms with E-state index in [4.69, 9.17) is 14.5 Å². The molecule has 0 saturated heterocycles. The van der Waals surface area contributed by atoms with Crippen molar-refractivity contribution < 1.29 is 31.8 Å². The van der Waals surface area contributed by atoms with Crippen LogP contribution in [0.2, 0.25) is 0 Å². The van der Waals surface area contributed by atoms with Crippen molar-refractivity contribution in [2.75, 3.05) is 26.4 Å². The zero-order valence-electron chi connectivity index (χ0n) is 23.5. The summed E-state index contributed by atoms with van der Waals surface area (Å²) in [6, 6.07) is 15.4.